The summed E-state index contributed by atoms with van der Waals surface area (Å²) in [6.45, 7) is 4.01. The Morgan fingerprint density at radius 1 is 1.30 bits per heavy atom. The van der Waals surface area contributed by atoms with E-state index >= 15 is 0 Å². The zero-order chi connectivity index (χ0) is 21.3. The van der Waals surface area contributed by atoms with E-state index in [1.807, 2.05) is 30.3 Å². The summed E-state index contributed by atoms with van der Waals surface area (Å²) in [5.74, 6) is 1.76. The molecule has 2 aromatic heterocycles. The normalized spacial score (nSPS) is 18.0. The average Bonchev–Trinajstić information content (AvgIpc) is 3.11. The van der Waals surface area contributed by atoms with Crippen molar-refractivity contribution in [1.29, 1.82) is 0 Å². The van der Waals surface area contributed by atoms with Gasteiger partial charge in [-0.25, -0.2) is 4.79 Å². The number of nitrogens with zero attached hydrogens (tertiary/aromatic N) is 4. The van der Waals surface area contributed by atoms with E-state index in [1.165, 1.54) is 4.57 Å². The van der Waals surface area contributed by atoms with Gasteiger partial charge in [-0.15, -0.1) is 0 Å². The Balaban J connectivity index is 1.69. The zero-order valence-corrected chi connectivity index (χ0v) is 17.2. The molecule has 0 spiro atoms. The highest BCUT2D eigenvalue weighted by Gasteiger charge is 2.26. The number of anilines is 1. The second-order valence-electron chi connectivity index (χ2n) is 7.98. The molecule has 4 rings (SSSR count). The van der Waals surface area contributed by atoms with Crippen molar-refractivity contribution in [3.63, 3.8) is 0 Å². The monoisotopic (exact) mass is 413 g/mol. The molecule has 1 aromatic carbocycles. The lowest BCUT2D eigenvalue weighted by Gasteiger charge is -2.32. The highest BCUT2D eigenvalue weighted by molar-refractivity contribution is 5.74. The molecule has 1 aliphatic heterocycles. The van der Waals surface area contributed by atoms with Gasteiger partial charge in [0.05, 0.1) is 6.54 Å². The van der Waals surface area contributed by atoms with Gasteiger partial charge in [-0.1, -0.05) is 25.1 Å². The Hall–Kier alpha value is -3.07. The highest BCUT2D eigenvalue weighted by Crippen LogP contribution is 2.25. The molecule has 0 aliphatic carbocycles. The largest absolute Gasteiger partial charge is 0.491 e. The van der Waals surface area contributed by atoms with Crippen LogP contribution in [0.15, 0.2) is 39.9 Å². The Morgan fingerprint density at radius 2 is 2.07 bits per heavy atom. The van der Waals surface area contributed by atoms with Crippen LogP contribution in [0.3, 0.4) is 0 Å². The minimum atomic E-state index is -0.861. The van der Waals surface area contributed by atoms with E-state index in [2.05, 4.69) is 21.8 Å². The molecule has 3 aromatic rings. The van der Waals surface area contributed by atoms with Gasteiger partial charge in [0.1, 0.15) is 18.5 Å². The van der Waals surface area contributed by atoms with Crippen molar-refractivity contribution >= 4 is 17.1 Å². The van der Waals surface area contributed by atoms with Gasteiger partial charge in [0.15, 0.2) is 11.2 Å². The maximum atomic E-state index is 12.6. The first-order chi connectivity index (χ1) is 14.4. The van der Waals surface area contributed by atoms with E-state index in [1.54, 1.807) is 11.6 Å². The van der Waals surface area contributed by atoms with E-state index in [0.29, 0.717) is 23.3 Å². The van der Waals surface area contributed by atoms with Gasteiger partial charge in [0, 0.05) is 20.1 Å². The second-order valence-corrected chi connectivity index (χ2v) is 7.98. The molecular formula is C21H27N5O4. The molecule has 2 unspecified atom stereocenters. The summed E-state index contributed by atoms with van der Waals surface area (Å²) in [4.78, 5) is 33.8. The molecule has 9 nitrogen and oxygen atoms in total. The number of fused-ring (bicyclic) bond motifs is 1. The molecule has 2 N–H and O–H groups in total. The number of aryl methyl sites for hydroxylation is 1. The number of ether oxygens (including phenoxy) is 1. The van der Waals surface area contributed by atoms with Crippen LogP contribution < -0.4 is 20.9 Å². The second kappa shape index (κ2) is 8.35. The minimum Gasteiger partial charge on any atom is -0.491 e. The summed E-state index contributed by atoms with van der Waals surface area (Å²) in [7, 11) is 1.58. The summed E-state index contributed by atoms with van der Waals surface area (Å²) in [5, 5.41) is 10.7. The van der Waals surface area contributed by atoms with Crippen LogP contribution in [-0.4, -0.2) is 50.0 Å². The number of hydrogen-bond donors (Lipinski definition) is 2. The number of aliphatic hydroxyl groups excluding tert-OH is 1. The van der Waals surface area contributed by atoms with Gasteiger partial charge in [-0.3, -0.25) is 14.3 Å². The standard InChI is InChI=1S/C21H27N5O4/c1-14-7-6-10-25(11-14)20-22-18-17(19(28)23-21(29)24(18)2)26(20)12-15(27)13-30-16-8-4-3-5-9-16/h3-5,8-9,14-15,27H,6-7,10-13H2,1-2H3,(H,23,28,29). The number of para-hydroxylation sites is 1. The Bertz CT molecular complexity index is 1130. The van der Waals surface area contributed by atoms with Crippen LogP contribution in [0.1, 0.15) is 19.8 Å². The van der Waals surface area contributed by atoms with Gasteiger partial charge >= 0.3 is 5.69 Å². The predicted molar refractivity (Wildman–Crippen MR) is 114 cm³/mol. The molecule has 0 saturated carbocycles. The van der Waals surface area contributed by atoms with Crippen molar-refractivity contribution in [2.24, 2.45) is 13.0 Å². The lowest BCUT2D eigenvalue weighted by Crippen LogP contribution is -2.37. The minimum absolute atomic E-state index is 0.0726. The van der Waals surface area contributed by atoms with E-state index in [0.717, 1.165) is 25.9 Å². The maximum absolute atomic E-state index is 12.6. The number of rotatable bonds is 6. The highest BCUT2D eigenvalue weighted by atomic mass is 16.5. The zero-order valence-electron chi connectivity index (χ0n) is 17.2. The topological polar surface area (TPSA) is 105 Å². The first-order valence-corrected chi connectivity index (χ1v) is 10.2. The van der Waals surface area contributed by atoms with Gasteiger partial charge < -0.3 is 19.3 Å². The average molecular weight is 413 g/mol. The van der Waals surface area contributed by atoms with Crippen LogP contribution in [0.5, 0.6) is 5.75 Å². The summed E-state index contributed by atoms with van der Waals surface area (Å²) >= 11 is 0. The SMILES string of the molecule is CC1CCCN(c2nc3c(c(=O)[nH]c(=O)n3C)n2CC(O)COc2ccccc2)C1. The molecule has 0 bridgehead atoms. The Labute approximate surface area is 173 Å². The number of aromatic amines is 1. The predicted octanol–water partition coefficient (Wildman–Crippen LogP) is 1.10. The van der Waals surface area contributed by atoms with Gasteiger partial charge in [0.2, 0.25) is 5.95 Å². The van der Waals surface area contributed by atoms with Crippen LogP contribution >= 0.6 is 0 Å². The van der Waals surface area contributed by atoms with E-state index in [9.17, 15) is 14.7 Å². The van der Waals surface area contributed by atoms with Crippen molar-refractivity contribution in [1.82, 2.24) is 19.1 Å². The number of imidazole rings is 1. The molecule has 1 saturated heterocycles. The van der Waals surface area contributed by atoms with Crippen molar-refractivity contribution < 1.29 is 9.84 Å². The smallest absolute Gasteiger partial charge is 0.329 e. The number of nitrogens with one attached hydrogen (secondary N) is 1. The molecule has 3 heterocycles. The molecule has 1 fully saturated rings. The number of aromatic nitrogens is 4. The van der Waals surface area contributed by atoms with Crippen molar-refractivity contribution in [3.05, 3.63) is 51.2 Å². The summed E-state index contributed by atoms with van der Waals surface area (Å²) in [6, 6.07) is 9.26. The van der Waals surface area contributed by atoms with E-state index in [4.69, 9.17) is 4.74 Å². The molecule has 0 radical (unpaired) electrons. The fourth-order valence-corrected chi connectivity index (χ4v) is 3.98. The van der Waals surface area contributed by atoms with Gasteiger partial charge in [-0.05, 0) is 30.9 Å². The number of piperidine rings is 1. The van der Waals surface area contributed by atoms with Gasteiger partial charge in [-0.2, -0.15) is 4.98 Å². The van der Waals surface area contributed by atoms with E-state index in [-0.39, 0.29) is 18.7 Å². The summed E-state index contributed by atoms with van der Waals surface area (Å²) in [6.07, 6.45) is 1.31. The molecule has 160 valence electrons. The van der Waals surface area contributed by atoms with Crippen LogP contribution in [0.4, 0.5) is 5.95 Å². The third kappa shape index (κ3) is 3.97. The molecule has 2 atom stereocenters. The Morgan fingerprint density at radius 3 is 2.80 bits per heavy atom. The lowest BCUT2D eigenvalue weighted by molar-refractivity contribution is 0.0935. The lowest BCUT2D eigenvalue weighted by atomic mass is 10.0. The molecular weight excluding hydrogens is 386 g/mol. The third-order valence-electron chi connectivity index (χ3n) is 5.51. The van der Waals surface area contributed by atoms with Crippen LogP contribution in [0.25, 0.3) is 11.2 Å². The first-order valence-electron chi connectivity index (χ1n) is 10.2. The van der Waals surface area contributed by atoms with Crippen LogP contribution in [-0.2, 0) is 13.6 Å². The molecule has 1 aliphatic rings. The third-order valence-corrected chi connectivity index (χ3v) is 5.51. The fraction of sp³-hybridized carbons (Fsp3) is 0.476. The maximum Gasteiger partial charge on any atom is 0.329 e. The fourth-order valence-electron chi connectivity index (χ4n) is 3.98. The summed E-state index contributed by atoms with van der Waals surface area (Å²) < 4.78 is 8.71. The van der Waals surface area contributed by atoms with Crippen molar-refractivity contribution in [2.45, 2.75) is 32.4 Å². The quantitative estimate of drug-likeness (QED) is 0.627. The first kappa shape index (κ1) is 20.2. The van der Waals surface area contributed by atoms with Gasteiger partial charge in [0.25, 0.3) is 5.56 Å². The molecule has 9 heteroatoms. The number of benzene rings is 1. The Kier molecular flexibility index (Phi) is 5.63. The van der Waals surface area contributed by atoms with Crippen LogP contribution in [0, 0.1) is 5.92 Å². The summed E-state index contributed by atoms with van der Waals surface area (Å²) in [5.41, 5.74) is -0.422. The molecule has 30 heavy (non-hydrogen) atoms. The van der Waals surface area contributed by atoms with Crippen molar-refractivity contribution in [2.75, 3.05) is 24.6 Å². The number of H-pyrrole nitrogens is 1. The number of hydrogen-bond acceptors (Lipinski definition) is 6. The molecule has 0 amide bonds. The van der Waals surface area contributed by atoms with Crippen molar-refractivity contribution in [3.8, 4) is 5.75 Å². The number of aliphatic hydroxyl groups is 1. The van der Waals surface area contributed by atoms with Crippen LogP contribution in [0.2, 0.25) is 0 Å². The van der Waals surface area contributed by atoms with E-state index < -0.39 is 17.4 Å².